The lowest BCUT2D eigenvalue weighted by Gasteiger charge is -2.37. The van der Waals surface area contributed by atoms with E-state index >= 15 is 0 Å². The molecule has 0 bridgehead atoms. The van der Waals surface area contributed by atoms with Crippen molar-refractivity contribution in [3.8, 4) is 0 Å². The average Bonchev–Trinajstić information content (AvgIpc) is 2.71. The van der Waals surface area contributed by atoms with Gasteiger partial charge in [0, 0.05) is 0 Å². The Balaban J connectivity index is 0.00000177. The number of aryl methyl sites for hydroxylation is 2. The van der Waals surface area contributed by atoms with Gasteiger partial charge in [-0.2, -0.15) is 0 Å². The number of hydrogen-bond acceptors (Lipinski definition) is 0. The molecule has 0 aliphatic heterocycles. The molecule has 0 nitrogen and oxygen atoms in total. The summed E-state index contributed by atoms with van der Waals surface area (Å²) in [6.07, 6.45) is 16.1. The maximum atomic E-state index is 3.99. The van der Waals surface area contributed by atoms with E-state index in [1.165, 1.54) is 69.8 Å². The number of allylic oxidation sites excluding steroid dienone is 1. The second-order valence-electron chi connectivity index (χ2n) is 8.46. The largest absolute Gasteiger partial charge is 0.103 e. The van der Waals surface area contributed by atoms with Gasteiger partial charge < -0.3 is 0 Å². The molecular weight excluding hydrogens is 336 g/mol. The van der Waals surface area contributed by atoms with Crippen LogP contribution in [0.25, 0.3) is 0 Å². The molecule has 0 saturated heterocycles. The Morgan fingerprint density at radius 1 is 0.893 bits per heavy atom. The molecule has 0 heteroatoms. The summed E-state index contributed by atoms with van der Waals surface area (Å²) in [6, 6.07) is 7.30. The van der Waals surface area contributed by atoms with E-state index in [4.69, 9.17) is 0 Å². The minimum Gasteiger partial charge on any atom is -0.103 e. The van der Waals surface area contributed by atoms with Gasteiger partial charge in [0.1, 0.15) is 0 Å². The zero-order valence-electron chi connectivity index (χ0n) is 17.9. The van der Waals surface area contributed by atoms with Gasteiger partial charge in [0.2, 0.25) is 0 Å². The van der Waals surface area contributed by atoms with Gasteiger partial charge in [0.05, 0.1) is 0 Å². The maximum absolute atomic E-state index is 3.99. The van der Waals surface area contributed by atoms with Crippen LogP contribution in [-0.4, -0.2) is 0 Å². The Morgan fingerprint density at radius 3 is 1.93 bits per heavy atom. The molecule has 1 aromatic carbocycles. The van der Waals surface area contributed by atoms with Crippen LogP contribution in [0.4, 0.5) is 0 Å². The first-order valence-electron chi connectivity index (χ1n) is 11.4. The molecule has 2 aliphatic carbocycles. The summed E-state index contributed by atoms with van der Waals surface area (Å²) in [5.41, 5.74) is 4.69. The Labute approximate surface area is 178 Å². The molecule has 28 heavy (non-hydrogen) atoms. The lowest BCUT2D eigenvalue weighted by atomic mass is 9.68. The van der Waals surface area contributed by atoms with E-state index in [2.05, 4.69) is 44.7 Å². The van der Waals surface area contributed by atoms with Crippen molar-refractivity contribution in [3.05, 3.63) is 47.5 Å². The smallest absolute Gasteiger partial charge is 0.0162 e. The SMILES string of the molecule is C.C.C=CC1CCC(C2CCC(c3ccc(C)c(CCC)c3)CC2)CC1.CC. The normalized spacial score (nSPS) is 26.7. The fourth-order valence-electron chi connectivity index (χ4n) is 5.26. The van der Waals surface area contributed by atoms with Crippen LogP contribution in [0.5, 0.6) is 0 Å². The van der Waals surface area contributed by atoms with Gasteiger partial charge >= 0.3 is 0 Å². The standard InChI is InChI=1S/C24H36.C2H6.2CH4/c1-4-6-23-17-24(10-7-18(23)3)22-15-13-21(14-16-22)20-11-8-19(5-2)9-12-20;1-2;;/h5,7,10,17,19-22H,2,4,6,8-9,11-16H2,1,3H3;1-2H3;2*1H4. The molecule has 2 fully saturated rings. The van der Waals surface area contributed by atoms with E-state index in [0.29, 0.717) is 0 Å². The first-order valence-corrected chi connectivity index (χ1v) is 11.4. The van der Waals surface area contributed by atoms with Gasteiger partial charge in [-0.1, -0.05) is 66.3 Å². The second kappa shape index (κ2) is 14.0. The highest BCUT2D eigenvalue weighted by molar-refractivity contribution is 5.33. The first-order chi connectivity index (χ1) is 12.7. The van der Waals surface area contributed by atoms with Gasteiger partial charge in [-0.05, 0) is 105 Å². The molecule has 0 aromatic heterocycles. The molecule has 0 spiro atoms. The van der Waals surface area contributed by atoms with Crippen molar-refractivity contribution in [2.75, 3.05) is 0 Å². The summed E-state index contributed by atoms with van der Waals surface area (Å²) >= 11 is 0. The molecule has 1 aromatic rings. The Kier molecular flexibility index (Phi) is 13.5. The Hall–Kier alpha value is -1.04. The van der Waals surface area contributed by atoms with Crippen LogP contribution in [0.3, 0.4) is 0 Å². The summed E-state index contributed by atoms with van der Waals surface area (Å²) in [5.74, 6) is 3.65. The molecular formula is C28H50. The van der Waals surface area contributed by atoms with Gasteiger partial charge in [-0.3, -0.25) is 0 Å². The molecule has 3 rings (SSSR count). The summed E-state index contributed by atoms with van der Waals surface area (Å²) in [6.45, 7) is 12.6. The van der Waals surface area contributed by atoms with E-state index < -0.39 is 0 Å². The highest BCUT2D eigenvalue weighted by Crippen LogP contribution is 2.44. The molecule has 2 saturated carbocycles. The zero-order valence-corrected chi connectivity index (χ0v) is 17.9. The third-order valence-electron chi connectivity index (χ3n) is 6.95. The van der Waals surface area contributed by atoms with Crippen LogP contribution in [0.15, 0.2) is 30.9 Å². The monoisotopic (exact) mass is 386 g/mol. The lowest BCUT2D eigenvalue weighted by Crippen LogP contribution is -2.25. The number of benzene rings is 1. The van der Waals surface area contributed by atoms with Crippen LogP contribution < -0.4 is 0 Å². The van der Waals surface area contributed by atoms with E-state index in [0.717, 1.165) is 23.7 Å². The summed E-state index contributed by atoms with van der Waals surface area (Å²) < 4.78 is 0. The van der Waals surface area contributed by atoms with E-state index in [-0.39, 0.29) is 14.9 Å². The summed E-state index contributed by atoms with van der Waals surface area (Å²) in [5, 5.41) is 0. The van der Waals surface area contributed by atoms with E-state index in [1.54, 1.807) is 11.1 Å². The predicted octanol–water partition coefficient (Wildman–Crippen LogP) is 9.51. The second-order valence-corrected chi connectivity index (χ2v) is 8.46. The van der Waals surface area contributed by atoms with Crippen LogP contribution in [0.2, 0.25) is 0 Å². The van der Waals surface area contributed by atoms with Crippen molar-refractivity contribution in [1.29, 1.82) is 0 Å². The van der Waals surface area contributed by atoms with Gasteiger partial charge in [0.25, 0.3) is 0 Å². The minimum absolute atomic E-state index is 0. The quantitative estimate of drug-likeness (QED) is 0.442. The third-order valence-corrected chi connectivity index (χ3v) is 6.95. The van der Waals surface area contributed by atoms with Crippen molar-refractivity contribution in [3.63, 3.8) is 0 Å². The molecule has 0 amide bonds. The highest BCUT2D eigenvalue weighted by atomic mass is 14.4. The van der Waals surface area contributed by atoms with Crippen molar-refractivity contribution in [2.24, 2.45) is 17.8 Å². The van der Waals surface area contributed by atoms with Crippen LogP contribution in [0, 0.1) is 24.7 Å². The Bertz CT molecular complexity index is 525. The van der Waals surface area contributed by atoms with Crippen molar-refractivity contribution in [1.82, 2.24) is 0 Å². The Morgan fingerprint density at radius 2 is 1.43 bits per heavy atom. The van der Waals surface area contributed by atoms with Crippen molar-refractivity contribution < 1.29 is 0 Å². The topological polar surface area (TPSA) is 0 Å². The molecule has 0 unspecified atom stereocenters. The molecule has 0 radical (unpaired) electrons. The van der Waals surface area contributed by atoms with Crippen LogP contribution >= 0.6 is 0 Å². The number of hydrogen-bond donors (Lipinski definition) is 0. The average molecular weight is 387 g/mol. The first kappa shape index (κ1) is 27.0. The minimum atomic E-state index is 0. The van der Waals surface area contributed by atoms with Crippen LogP contribution in [0.1, 0.15) is 116 Å². The molecule has 0 N–H and O–H groups in total. The number of rotatable bonds is 5. The molecule has 162 valence electrons. The zero-order chi connectivity index (χ0) is 18.9. The lowest BCUT2D eigenvalue weighted by molar-refractivity contribution is 0.171. The van der Waals surface area contributed by atoms with E-state index in [9.17, 15) is 0 Å². The van der Waals surface area contributed by atoms with Gasteiger partial charge in [0.15, 0.2) is 0 Å². The molecule has 0 atom stereocenters. The van der Waals surface area contributed by atoms with Gasteiger partial charge in [-0.25, -0.2) is 0 Å². The van der Waals surface area contributed by atoms with Crippen molar-refractivity contribution in [2.45, 2.75) is 113 Å². The van der Waals surface area contributed by atoms with Crippen molar-refractivity contribution >= 4 is 0 Å². The summed E-state index contributed by atoms with van der Waals surface area (Å²) in [4.78, 5) is 0. The van der Waals surface area contributed by atoms with E-state index in [1.807, 2.05) is 13.8 Å². The fraction of sp³-hybridized carbons (Fsp3) is 0.714. The third kappa shape index (κ3) is 7.09. The maximum Gasteiger partial charge on any atom is -0.0162 e. The highest BCUT2D eigenvalue weighted by Gasteiger charge is 2.30. The van der Waals surface area contributed by atoms with Gasteiger partial charge in [-0.15, -0.1) is 6.58 Å². The van der Waals surface area contributed by atoms with Crippen LogP contribution in [-0.2, 0) is 6.42 Å². The predicted molar refractivity (Wildman–Crippen MR) is 130 cm³/mol. The molecule has 0 heterocycles. The molecule has 2 aliphatic rings. The fourth-order valence-corrected chi connectivity index (χ4v) is 5.26. The summed E-state index contributed by atoms with van der Waals surface area (Å²) in [7, 11) is 0.